The van der Waals surface area contributed by atoms with Crippen LogP contribution in [0.25, 0.3) is 55.6 Å². The zero-order valence-corrected chi connectivity index (χ0v) is 24.4. The zero-order valence-electron chi connectivity index (χ0n) is 22.8. The summed E-state index contributed by atoms with van der Waals surface area (Å²) in [6, 6.07) is 24.2. The fourth-order valence-electron chi connectivity index (χ4n) is 5.11. The van der Waals surface area contributed by atoms with Gasteiger partial charge in [0.05, 0.1) is 28.2 Å². The number of hydrogen-bond donors (Lipinski definition) is 2. The molecular formula is C32H25ClFN3O4S. The van der Waals surface area contributed by atoms with Crippen LogP contribution >= 0.6 is 11.6 Å². The van der Waals surface area contributed by atoms with Crippen molar-refractivity contribution in [3.8, 4) is 33.7 Å². The average molecular weight is 602 g/mol. The third-order valence-corrected chi connectivity index (χ3v) is 8.89. The van der Waals surface area contributed by atoms with Crippen molar-refractivity contribution in [2.75, 3.05) is 24.7 Å². The minimum Gasteiger partial charge on any atom is -0.455 e. The average Bonchev–Trinajstić information content (AvgIpc) is 3.53. The van der Waals surface area contributed by atoms with Crippen LogP contribution in [-0.4, -0.2) is 39.7 Å². The van der Waals surface area contributed by atoms with Gasteiger partial charge in [0.1, 0.15) is 17.2 Å². The van der Waals surface area contributed by atoms with Crippen LogP contribution in [0, 0.1) is 5.82 Å². The lowest BCUT2D eigenvalue weighted by Gasteiger charge is -2.21. The van der Waals surface area contributed by atoms with Gasteiger partial charge in [-0.15, -0.1) is 0 Å². The topological polar surface area (TPSA) is 95.4 Å². The number of sulfonamides is 1. The van der Waals surface area contributed by atoms with Crippen LogP contribution in [0.4, 0.5) is 10.1 Å². The van der Waals surface area contributed by atoms with Gasteiger partial charge in [0.25, 0.3) is 5.91 Å². The molecule has 4 aromatic carbocycles. The van der Waals surface area contributed by atoms with Crippen LogP contribution in [0.5, 0.6) is 0 Å². The number of aromatic amines is 1. The van der Waals surface area contributed by atoms with E-state index in [9.17, 15) is 17.6 Å². The molecule has 0 bridgehead atoms. The summed E-state index contributed by atoms with van der Waals surface area (Å²) in [5, 5.41) is 4.59. The van der Waals surface area contributed by atoms with Crippen molar-refractivity contribution in [2.45, 2.75) is 0 Å². The molecule has 0 fully saturated rings. The van der Waals surface area contributed by atoms with Crippen molar-refractivity contribution in [1.82, 2.24) is 10.3 Å². The summed E-state index contributed by atoms with van der Waals surface area (Å²) in [5.74, 6) is -0.583. The molecule has 0 aliphatic carbocycles. The molecule has 10 heteroatoms. The van der Waals surface area contributed by atoms with Crippen LogP contribution in [0.15, 0.2) is 89.3 Å². The summed E-state index contributed by atoms with van der Waals surface area (Å²) in [6.07, 6.45) is 1.11. The van der Waals surface area contributed by atoms with E-state index >= 15 is 0 Å². The Morgan fingerprint density at radius 3 is 2.33 bits per heavy atom. The number of H-pyrrole nitrogens is 1. The highest BCUT2D eigenvalue weighted by molar-refractivity contribution is 7.92. The standard InChI is InChI=1S/C32H25ClFN3O4S/c1-35-32(38)28-24-16-23(19-7-6-8-20(15-19)30-29(33)22-9-4-5-10-25(22)36-30)26(37(2)42(3,39)40)17-27(24)41-31(28)18-11-13-21(34)14-12-18/h4-17,36H,1-3H3,(H,35,38). The molecule has 6 rings (SSSR count). The second kappa shape index (κ2) is 10.3. The Morgan fingerprint density at radius 1 is 0.929 bits per heavy atom. The Bertz CT molecular complexity index is 2120. The number of aromatic nitrogens is 1. The Hall–Kier alpha value is -4.60. The first kappa shape index (κ1) is 27.6. The molecule has 0 radical (unpaired) electrons. The van der Waals surface area contributed by atoms with Crippen LogP contribution in [0.1, 0.15) is 10.4 Å². The summed E-state index contributed by atoms with van der Waals surface area (Å²) < 4.78 is 46.5. The van der Waals surface area contributed by atoms with Gasteiger partial charge in [-0.05, 0) is 48.0 Å². The lowest BCUT2D eigenvalue weighted by molar-refractivity contribution is 0.0964. The Kier molecular flexibility index (Phi) is 6.79. The van der Waals surface area contributed by atoms with Crippen molar-refractivity contribution in [1.29, 1.82) is 0 Å². The van der Waals surface area contributed by atoms with Gasteiger partial charge in [-0.2, -0.15) is 0 Å². The van der Waals surface area contributed by atoms with E-state index < -0.39 is 21.7 Å². The summed E-state index contributed by atoms with van der Waals surface area (Å²) in [6.45, 7) is 0. The van der Waals surface area contributed by atoms with Gasteiger partial charge >= 0.3 is 0 Å². The van der Waals surface area contributed by atoms with Gasteiger partial charge in [-0.25, -0.2) is 12.8 Å². The fourth-order valence-corrected chi connectivity index (χ4v) is 5.94. The summed E-state index contributed by atoms with van der Waals surface area (Å²) in [4.78, 5) is 16.5. The molecule has 2 heterocycles. The summed E-state index contributed by atoms with van der Waals surface area (Å²) in [7, 11) is -0.709. The van der Waals surface area contributed by atoms with Crippen molar-refractivity contribution >= 4 is 55.1 Å². The van der Waals surface area contributed by atoms with E-state index in [-0.39, 0.29) is 11.3 Å². The minimum absolute atomic E-state index is 0.244. The molecule has 42 heavy (non-hydrogen) atoms. The number of furan rings is 1. The molecular weight excluding hydrogens is 577 g/mol. The first-order valence-corrected chi connectivity index (χ1v) is 15.2. The number of halogens is 2. The van der Waals surface area contributed by atoms with E-state index in [1.54, 1.807) is 12.1 Å². The summed E-state index contributed by atoms with van der Waals surface area (Å²) in [5.41, 5.74) is 5.08. The number of amides is 1. The van der Waals surface area contributed by atoms with E-state index in [1.165, 1.54) is 42.7 Å². The Labute approximate surface area is 246 Å². The molecule has 0 spiro atoms. The maximum atomic E-state index is 13.7. The largest absolute Gasteiger partial charge is 0.455 e. The van der Waals surface area contributed by atoms with Crippen molar-refractivity contribution < 1.29 is 22.0 Å². The SMILES string of the molecule is CNC(=O)c1c(-c2ccc(F)cc2)oc2cc(N(C)S(C)(=O)=O)c(-c3cccc(-c4[nH]c5ccccc5c4Cl)c3)cc12. The number of benzene rings is 4. The highest BCUT2D eigenvalue weighted by Crippen LogP contribution is 2.43. The second-order valence-electron chi connectivity index (χ2n) is 9.93. The van der Waals surface area contributed by atoms with Crippen molar-refractivity contribution in [2.24, 2.45) is 0 Å². The Morgan fingerprint density at radius 2 is 1.64 bits per heavy atom. The molecule has 0 saturated carbocycles. The van der Waals surface area contributed by atoms with E-state index in [0.717, 1.165) is 28.4 Å². The van der Waals surface area contributed by atoms with Gasteiger partial charge in [-0.3, -0.25) is 9.10 Å². The lowest BCUT2D eigenvalue weighted by Crippen LogP contribution is -2.25. The second-order valence-corrected chi connectivity index (χ2v) is 12.3. The van der Waals surface area contributed by atoms with Crippen molar-refractivity contribution in [3.05, 3.63) is 101 Å². The van der Waals surface area contributed by atoms with Gasteiger partial charge < -0.3 is 14.7 Å². The number of carbonyl (C=O) groups excluding carboxylic acids is 1. The van der Waals surface area contributed by atoms with Crippen LogP contribution in [0.3, 0.4) is 0 Å². The minimum atomic E-state index is -3.68. The maximum absolute atomic E-state index is 13.7. The maximum Gasteiger partial charge on any atom is 0.255 e. The number of para-hydroxylation sites is 1. The van der Waals surface area contributed by atoms with Gasteiger partial charge in [0, 0.05) is 53.1 Å². The number of nitrogens with one attached hydrogen (secondary N) is 2. The molecule has 1 amide bonds. The quantitative estimate of drug-likeness (QED) is 0.207. The Balaban J connectivity index is 1.62. The fraction of sp³-hybridized carbons (Fsp3) is 0.0938. The zero-order chi connectivity index (χ0) is 29.8. The van der Waals surface area contributed by atoms with Gasteiger partial charge in [0.15, 0.2) is 0 Å². The van der Waals surface area contributed by atoms with Crippen LogP contribution < -0.4 is 9.62 Å². The first-order valence-electron chi connectivity index (χ1n) is 13.0. The normalized spacial score (nSPS) is 11.7. The van der Waals surface area contributed by atoms with Crippen LogP contribution in [0.2, 0.25) is 5.02 Å². The molecule has 6 aromatic rings. The number of fused-ring (bicyclic) bond motifs is 2. The molecule has 0 aliphatic rings. The number of hydrogen-bond acceptors (Lipinski definition) is 4. The molecule has 2 aromatic heterocycles. The molecule has 0 saturated heterocycles. The highest BCUT2D eigenvalue weighted by Gasteiger charge is 2.26. The molecule has 2 N–H and O–H groups in total. The predicted molar refractivity (Wildman–Crippen MR) is 166 cm³/mol. The lowest BCUT2D eigenvalue weighted by atomic mass is 9.96. The third kappa shape index (κ3) is 4.70. The summed E-state index contributed by atoms with van der Waals surface area (Å²) >= 11 is 6.75. The number of anilines is 1. The van der Waals surface area contributed by atoms with Gasteiger partial charge in [0.2, 0.25) is 10.0 Å². The monoisotopic (exact) mass is 601 g/mol. The molecule has 0 unspecified atom stereocenters. The molecule has 7 nitrogen and oxygen atoms in total. The highest BCUT2D eigenvalue weighted by atomic mass is 35.5. The number of rotatable bonds is 6. The van der Waals surface area contributed by atoms with Crippen molar-refractivity contribution in [3.63, 3.8) is 0 Å². The first-order chi connectivity index (χ1) is 20.1. The smallest absolute Gasteiger partial charge is 0.255 e. The number of carbonyl (C=O) groups is 1. The van der Waals surface area contributed by atoms with E-state index in [4.69, 9.17) is 16.0 Å². The van der Waals surface area contributed by atoms with Gasteiger partial charge in [-0.1, -0.05) is 48.0 Å². The molecule has 0 atom stereocenters. The van der Waals surface area contributed by atoms with Crippen LogP contribution in [-0.2, 0) is 10.0 Å². The number of nitrogens with zero attached hydrogens (tertiary/aromatic N) is 1. The predicted octanol–water partition coefficient (Wildman–Crippen LogP) is 7.46. The molecule has 212 valence electrons. The van der Waals surface area contributed by atoms with E-state index in [1.807, 2.05) is 48.5 Å². The van der Waals surface area contributed by atoms with E-state index in [2.05, 4.69) is 10.3 Å². The third-order valence-electron chi connectivity index (χ3n) is 7.31. The van der Waals surface area contributed by atoms with E-state index in [0.29, 0.717) is 38.4 Å². The molecule has 0 aliphatic heterocycles.